The molecule has 2 N–H and O–H groups in total. The van der Waals surface area contributed by atoms with E-state index >= 15 is 0 Å². The highest BCUT2D eigenvalue weighted by Gasteiger charge is 2.05. The zero-order chi connectivity index (χ0) is 12.7. The van der Waals surface area contributed by atoms with Gasteiger partial charge in [0.05, 0.1) is 0 Å². The predicted molar refractivity (Wildman–Crippen MR) is 74.2 cm³/mol. The van der Waals surface area contributed by atoms with Crippen molar-refractivity contribution in [3.05, 3.63) is 63.7 Å². The van der Waals surface area contributed by atoms with Gasteiger partial charge in [0.1, 0.15) is 11.3 Å². The number of halogens is 1. The van der Waals surface area contributed by atoms with Crippen molar-refractivity contribution >= 4 is 28.6 Å². The van der Waals surface area contributed by atoms with Crippen molar-refractivity contribution in [2.75, 3.05) is 0 Å². The lowest BCUT2D eigenvalue weighted by molar-refractivity contribution is 0.0694. The fourth-order valence-corrected chi connectivity index (χ4v) is 1.48. The standard InChI is InChI=1S/C7H6O3.C6H5I/c8-6-4-2-1-3-5(6)7(9)10;7-6-4-2-1-3-5-6/h1-4,8H,(H,9,10);1-5H. The molecule has 0 unspecified atom stereocenters. The summed E-state index contributed by atoms with van der Waals surface area (Å²) in [5.74, 6) is -1.31. The summed E-state index contributed by atoms with van der Waals surface area (Å²) in [6, 6.07) is 16.0. The number of phenols is 1. The van der Waals surface area contributed by atoms with Gasteiger partial charge in [-0.2, -0.15) is 0 Å². The van der Waals surface area contributed by atoms with E-state index in [0.717, 1.165) is 0 Å². The van der Waals surface area contributed by atoms with E-state index in [9.17, 15) is 4.79 Å². The predicted octanol–water partition coefficient (Wildman–Crippen LogP) is 3.38. The molecule has 3 nitrogen and oxygen atoms in total. The molecule has 0 bridgehead atoms. The Morgan fingerprint density at radius 3 is 1.82 bits per heavy atom. The van der Waals surface area contributed by atoms with Crippen LogP contribution in [0.5, 0.6) is 5.75 Å². The van der Waals surface area contributed by atoms with Crippen LogP contribution in [0.25, 0.3) is 0 Å². The molecule has 2 aromatic carbocycles. The summed E-state index contributed by atoms with van der Waals surface area (Å²) in [5, 5.41) is 17.3. The highest BCUT2D eigenvalue weighted by atomic mass is 127. The Morgan fingerprint density at radius 1 is 0.941 bits per heavy atom. The van der Waals surface area contributed by atoms with Gasteiger partial charge in [0.15, 0.2) is 0 Å². The Labute approximate surface area is 113 Å². The van der Waals surface area contributed by atoms with Crippen molar-refractivity contribution in [1.29, 1.82) is 0 Å². The van der Waals surface area contributed by atoms with Gasteiger partial charge in [-0.05, 0) is 46.9 Å². The molecular weight excluding hydrogens is 331 g/mol. The number of carboxylic acids is 1. The average molecular weight is 342 g/mol. The number of carbonyl (C=O) groups is 1. The second-order valence-electron chi connectivity index (χ2n) is 3.12. The van der Waals surface area contributed by atoms with Crippen molar-refractivity contribution in [2.24, 2.45) is 0 Å². The number of rotatable bonds is 1. The quantitative estimate of drug-likeness (QED) is 0.782. The number of para-hydroxylation sites is 1. The monoisotopic (exact) mass is 342 g/mol. The van der Waals surface area contributed by atoms with Crippen LogP contribution in [-0.2, 0) is 0 Å². The minimum Gasteiger partial charge on any atom is -0.507 e. The smallest absolute Gasteiger partial charge is 0.339 e. The SMILES string of the molecule is Ic1ccccc1.O=C(O)c1ccccc1O. The van der Waals surface area contributed by atoms with Gasteiger partial charge in [-0.15, -0.1) is 0 Å². The van der Waals surface area contributed by atoms with Gasteiger partial charge in [0.25, 0.3) is 0 Å². The second kappa shape index (κ2) is 6.90. The first-order valence-electron chi connectivity index (χ1n) is 4.83. The Kier molecular flexibility index (Phi) is 5.48. The molecule has 0 aromatic heterocycles. The lowest BCUT2D eigenvalue weighted by Gasteiger charge is -1.95. The Bertz CT molecular complexity index is 483. The minimum atomic E-state index is -1.11. The molecule has 0 aliphatic heterocycles. The maximum absolute atomic E-state index is 10.3. The first-order valence-corrected chi connectivity index (χ1v) is 5.91. The molecule has 0 fully saturated rings. The Hall–Kier alpha value is -1.56. The summed E-state index contributed by atoms with van der Waals surface area (Å²) < 4.78 is 1.29. The molecule has 4 heteroatoms. The molecule has 17 heavy (non-hydrogen) atoms. The van der Waals surface area contributed by atoms with Crippen molar-refractivity contribution in [3.8, 4) is 5.75 Å². The van der Waals surface area contributed by atoms with Gasteiger partial charge in [-0.1, -0.05) is 30.3 Å². The Balaban J connectivity index is 0.000000181. The van der Waals surface area contributed by atoms with E-state index in [2.05, 4.69) is 34.7 Å². The first kappa shape index (κ1) is 13.5. The van der Waals surface area contributed by atoms with E-state index in [0.29, 0.717) is 0 Å². The second-order valence-corrected chi connectivity index (χ2v) is 4.36. The summed E-state index contributed by atoms with van der Waals surface area (Å²) >= 11 is 2.28. The van der Waals surface area contributed by atoms with E-state index in [1.54, 1.807) is 12.1 Å². The van der Waals surface area contributed by atoms with Gasteiger partial charge < -0.3 is 10.2 Å². The van der Waals surface area contributed by atoms with E-state index < -0.39 is 5.97 Å². The molecule has 0 amide bonds. The number of hydrogen-bond donors (Lipinski definition) is 2. The zero-order valence-corrected chi connectivity index (χ0v) is 11.0. The van der Waals surface area contributed by atoms with Crippen LogP contribution >= 0.6 is 22.6 Å². The summed E-state index contributed by atoms with van der Waals surface area (Å²) in [5.41, 5.74) is -0.0671. The van der Waals surface area contributed by atoms with Crippen LogP contribution in [0, 0.1) is 3.57 Å². The van der Waals surface area contributed by atoms with Crippen LogP contribution in [0.2, 0.25) is 0 Å². The molecule has 0 aliphatic rings. The van der Waals surface area contributed by atoms with E-state index in [-0.39, 0.29) is 11.3 Å². The largest absolute Gasteiger partial charge is 0.507 e. The van der Waals surface area contributed by atoms with Gasteiger partial charge in [0, 0.05) is 3.57 Å². The van der Waals surface area contributed by atoms with Crippen molar-refractivity contribution in [2.45, 2.75) is 0 Å². The van der Waals surface area contributed by atoms with Crippen LogP contribution < -0.4 is 0 Å². The van der Waals surface area contributed by atoms with Crippen LogP contribution in [0.15, 0.2) is 54.6 Å². The summed E-state index contributed by atoms with van der Waals surface area (Å²) in [6.45, 7) is 0. The summed E-state index contributed by atoms with van der Waals surface area (Å²) in [6.07, 6.45) is 0. The molecule has 0 saturated heterocycles. The third-order valence-electron chi connectivity index (χ3n) is 1.87. The lowest BCUT2D eigenvalue weighted by atomic mass is 10.2. The molecule has 0 radical (unpaired) electrons. The first-order chi connectivity index (χ1) is 8.11. The number of carboxylic acid groups (broad SMARTS) is 1. The minimum absolute atomic E-state index is 0.0671. The molecule has 2 aromatic rings. The van der Waals surface area contributed by atoms with Crippen molar-refractivity contribution in [3.63, 3.8) is 0 Å². The summed E-state index contributed by atoms with van der Waals surface area (Å²) in [7, 11) is 0. The molecule has 2 rings (SSSR count). The number of benzene rings is 2. The maximum atomic E-state index is 10.3. The van der Waals surface area contributed by atoms with Crippen LogP contribution in [-0.4, -0.2) is 16.2 Å². The van der Waals surface area contributed by atoms with Crippen molar-refractivity contribution < 1.29 is 15.0 Å². The molecule has 0 aliphatic carbocycles. The van der Waals surface area contributed by atoms with E-state index in [1.165, 1.54) is 15.7 Å². The topological polar surface area (TPSA) is 57.5 Å². The molecule has 0 atom stereocenters. The fourth-order valence-electron chi connectivity index (χ4n) is 1.07. The third-order valence-corrected chi connectivity index (χ3v) is 2.59. The number of hydrogen-bond acceptors (Lipinski definition) is 2. The van der Waals surface area contributed by atoms with Crippen LogP contribution in [0.3, 0.4) is 0 Å². The van der Waals surface area contributed by atoms with Gasteiger partial charge in [0.2, 0.25) is 0 Å². The van der Waals surface area contributed by atoms with E-state index in [4.69, 9.17) is 10.2 Å². The zero-order valence-electron chi connectivity index (χ0n) is 8.88. The number of aromatic carboxylic acids is 1. The fraction of sp³-hybridized carbons (Fsp3) is 0. The molecule has 0 spiro atoms. The highest BCUT2D eigenvalue weighted by molar-refractivity contribution is 14.1. The Morgan fingerprint density at radius 2 is 1.47 bits per heavy atom. The third kappa shape index (κ3) is 4.86. The van der Waals surface area contributed by atoms with Crippen LogP contribution in [0.4, 0.5) is 0 Å². The van der Waals surface area contributed by atoms with Gasteiger partial charge in [-0.25, -0.2) is 4.79 Å². The maximum Gasteiger partial charge on any atom is 0.339 e. The van der Waals surface area contributed by atoms with Crippen molar-refractivity contribution in [1.82, 2.24) is 0 Å². The number of aromatic hydroxyl groups is 1. The van der Waals surface area contributed by atoms with Gasteiger partial charge >= 0.3 is 5.97 Å². The molecular formula is C13H11IO3. The van der Waals surface area contributed by atoms with Crippen LogP contribution in [0.1, 0.15) is 10.4 Å². The average Bonchev–Trinajstić information content (AvgIpc) is 2.31. The highest BCUT2D eigenvalue weighted by Crippen LogP contribution is 2.14. The van der Waals surface area contributed by atoms with Gasteiger partial charge in [-0.3, -0.25) is 0 Å². The molecule has 0 heterocycles. The lowest BCUT2D eigenvalue weighted by Crippen LogP contribution is -1.95. The normalized spacial score (nSPS) is 9.00. The molecule has 0 saturated carbocycles. The molecule has 88 valence electrons. The van der Waals surface area contributed by atoms with E-state index in [1.807, 2.05) is 18.2 Å². The summed E-state index contributed by atoms with van der Waals surface area (Å²) in [4.78, 5) is 10.3.